The Morgan fingerprint density at radius 1 is 0.875 bits per heavy atom. The van der Waals surface area contributed by atoms with Crippen LogP contribution in [0.3, 0.4) is 0 Å². The zero-order valence-corrected chi connectivity index (χ0v) is 17.7. The minimum atomic E-state index is -4.58. The summed E-state index contributed by atoms with van der Waals surface area (Å²) < 4.78 is 80.0. The van der Waals surface area contributed by atoms with Crippen molar-refractivity contribution in [1.82, 2.24) is 4.98 Å². The number of anilines is 3. The lowest BCUT2D eigenvalue weighted by Crippen LogP contribution is -2.15. The molecule has 0 amide bonds. The minimum absolute atomic E-state index is 0.0971. The first-order valence-electron chi connectivity index (χ1n) is 9.50. The van der Waals surface area contributed by atoms with Crippen LogP contribution in [-0.4, -0.2) is 4.98 Å². The molecule has 10 heteroatoms. The van der Waals surface area contributed by atoms with Gasteiger partial charge in [0.15, 0.2) is 0 Å². The number of hydrogen-bond donors (Lipinski definition) is 1. The van der Waals surface area contributed by atoms with E-state index in [-0.39, 0.29) is 12.4 Å². The van der Waals surface area contributed by atoms with Crippen molar-refractivity contribution in [2.45, 2.75) is 37.6 Å². The topological polar surface area (TPSA) is 28.2 Å². The average molecular weight is 469 g/mol. The molecule has 0 radical (unpaired) electrons. The van der Waals surface area contributed by atoms with Crippen molar-refractivity contribution < 1.29 is 26.3 Å². The van der Waals surface area contributed by atoms with Gasteiger partial charge in [-0.2, -0.15) is 26.3 Å². The van der Waals surface area contributed by atoms with Crippen LogP contribution in [0.1, 0.15) is 27.9 Å². The van der Waals surface area contributed by atoms with Crippen molar-refractivity contribution >= 4 is 29.1 Å². The fourth-order valence-electron chi connectivity index (χ4n) is 3.38. The Bertz CT molecular complexity index is 1160. The first kappa shape index (κ1) is 22.3. The van der Waals surface area contributed by atoms with E-state index < -0.39 is 23.6 Å². The van der Waals surface area contributed by atoms with Gasteiger partial charge in [-0.1, -0.05) is 12.1 Å². The van der Waals surface area contributed by atoms with E-state index in [2.05, 4.69) is 10.3 Å². The largest absolute Gasteiger partial charge is 0.433 e. The summed E-state index contributed by atoms with van der Waals surface area (Å²) in [6.07, 6.45) is -9.01. The Kier molecular flexibility index (Phi) is 5.52. The molecule has 0 bridgehead atoms. The molecule has 0 atom stereocenters. The third-order valence-corrected chi connectivity index (χ3v) is 6.20. The summed E-state index contributed by atoms with van der Waals surface area (Å²) in [5, 5.41) is 3.01. The van der Waals surface area contributed by atoms with E-state index in [1.54, 1.807) is 6.07 Å². The van der Waals surface area contributed by atoms with Gasteiger partial charge in [0.25, 0.3) is 0 Å². The second kappa shape index (κ2) is 7.91. The van der Waals surface area contributed by atoms with Crippen molar-refractivity contribution in [3.05, 3.63) is 76.5 Å². The van der Waals surface area contributed by atoms with Gasteiger partial charge in [-0.15, -0.1) is 0 Å². The number of rotatable bonds is 2. The number of hydrogen-bond acceptors (Lipinski definition) is 4. The van der Waals surface area contributed by atoms with Gasteiger partial charge in [0, 0.05) is 10.5 Å². The molecule has 3 aromatic rings. The summed E-state index contributed by atoms with van der Waals surface area (Å²) in [6, 6.07) is 10.7. The molecule has 3 nitrogen and oxygen atoms in total. The first-order valence-corrected chi connectivity index (χ1v) is 10.3. The Morgan fingerprint density at radius 2 is 1.56 bits per heavy atom. The molecule has 2 heterocycles. The van der Waals surface area contributed by atoms with Gasteiger partial charge in [0.2, 0.25) is 0 Å². The Labute approximate surface area is 184 Å². The number of nitrogens with one attached hydrogen (secondary N) is 1. The predicted molar refractivity (Wildman–Crippen MR) is 112 cm³/mol. The third-order valence-electron chi connectivity index (χ3n) is 5.18. The molecule has 4 rings (SSSR count). The van der Waals surface area contributed by atoms with E-state index in [9.17, 15) is 26.3 Å². The maximum Gasteiger partial charge on any atom is 0.433 e. The van der Waals surface area contributed by atoms with Crippen LogP contribution in [-0.2, 0) is 18.9 Å². The van der Waals surface area contributed by atoms with Crippen molar-refractivity contribution in [1.29, 1.82) is 0 Å². The van der Waals surface area contributed by atoms with Crippen LogP contribution in [0, 0.1) is 13.8 Å². The van der Waals surface area contributed by atoms with Gasteiger partial charge in [0.1, 0.15) is 11.5 Å². The molecule has 0 aliphatic carbocycles. The smallest absolute Gasteiger partial charge is 0.338 e. The number of halogens is 6. The Balaban J connectivity index is 1.76. The molecule has 0 spiro atoms. The second-order valence-electron chi connectivity index (χ2n) is 7.38. The lowest BCUT2D eigenvalue weighted by molar-refractivity contribution is -0.141. The number of nitrogens with zero attached hydrogens (tertiary/aromatic N) is 2. The molecular weight excluding hydrogens is 452 g/mol. The van der Waals surface area contributed by atoms with E-state index in [1.165, 1.54) is 30.1 Å². The van der Waals surface area contributed by atoms with E-state index in [1.807, 2.05) is 24.2 Å². The van der Waals surface area contributed by atoms with E-state index in [0.717, 1.165) is 35.0 Å². The zero-order valence-electron chi connectivity index (χ0n) is 16.9. The van der Waals surface area contributed by atoms with Crippen molar-refractivity contribution in [2.24, 2.45) is 0 Å². The molecular formula is C22H17F6N3S. The molecule has 32 heavy (non-hydrogen) atoms. The summed E-state index contributed by atoms with van der Waals surface area (Å²) >= 11 is 1.21. The minimum Gasteiger partial charge on any atom is -0.338 e. The number of fused-ring (bicyclic) bond motifs is 2. The molecule has 168 valence electrons. The van der Waals surface area contributed by atoms with Gasteiger partial charge in [-0.05, 0) is 73.3 Å². The first-order chi connectivity index (χ1) is 14.9. The molecule has 1 aromatic heterocycles. The van der Waals surface area contributed by atoms with Gasteiger partial charge in [0.05, 0.1) is 23.5 Å². The van der Waals surface area contributed by atoms with Gasteiger partial charge in [-0.25, -0.2) is 4.98 Å². The fourth-order valence-corrected chi connectivity index (χ4v) is 4.42. The highest BCUT2D eigenvalue weighted by atomic mass is 32.2. The predicted octanol–water partition coefficient (Wildman–Crippen LogP) is 7.51. The molecule has 0 saturated heterocycles. The number of pyridine rings is 1. The van der Waals surface area contributed by atoms with Gasteiger partial charge in [-0.3, -0.25) is 0 Å². The standard InChI is InChI=1S/C22H17F6N3S/c1-12-3-9-17-19(13(12)2)31(32-16-7-5-15(6-8-16)21(23,24)25)11-14-4-10-18(22(26,27)28)30-20(14)29-17/h3-10H,11H2,1-2H3,(H,29,30). The van der Waals surface area contributed by atoms with Crippen LogP contribution in [0.5, 0.6) is 0 Å². The summed E-state index contributed by atoms with van der Waals surface area (Å²) in [5.74, 6) is 0.0971. The second-order valence-corrected chi connectivity index (χ2v) is 8.48. The molecule has 1 aliphatic rings. The average Bonchev–Trinajstić information content (AvgIpc) is 2.86. The highest BCUT2D eigenvalue weighted by Crippen LogP contribution is 2.44. The lowest BCUT2D eigenvalue weighted by Gasteiger charge is -2.26. The zero-order chi connectivity index (χ0) is 23.3. The highest BCUT2D eigenvalue weighted by molar-refractivity contribution is 8.00. The van der Waals surface area contributed by atoms with Gasteiger partial charge < -0.3 is 9.62 Å². The molecule has 2 aromatic carbocycles. The number of benzene rings is 2. The monoisotopic (exact) mass is 469 g/mol. The molecule has 0 fully saturated rings. The summed E-state index contributed by atoms with van der Waals surface area (Å²) in [5.41, 5.74) is 1.96. The van der Waals surface area contributed by atoms with Crippen LogP contribution < -0.4 is 9.62 Å². The number of aryl methyl sites for hydroxylation is 1. The van der Waals surface area contributed by atoms with Crippen LogP contribution in [0.2, 0.25) is 0 Å². The van der Waals surface area contributed by atoms with Crippen molar-refractivity contribution in [3.8, 4) is 0 Å². The fraction of sp³-hybridized carbons (Fsp3) is 0.227. The van der Waals surface area contributed by atoms with E-state index >= 15 is 0 Å². The Morgan fingerprint density at radius 3 is 2.19 bits per heavy atom. The van der Waals surface area contributed by atoms with Crippen LogP contribution in [0.4, 0.5) is 43.5 Å². The number of alkyl halides is 6. The molecule has 1 aliphatic heterocycles. The van der Waals surface area contributed by atoms with Crippen LogP contribution in [0.25, 0.3) is 0 Å². The van der Waals surface area contributed by atoms with Crippen molar-refractivity contribution in [3.63, 3.8) is 0 Å². The maximum atomic E-state index is 13.2. The maximum absolute atomic E-state index is 13.2. The third kappa shape index (κ3) is 4.36. The lowest BCUT2D eigenvalue weighted by atomic mass is 10.1. The van der Waals surface area contributed by atoms with E-state index in [4.69, 9.17) is 0 Å². The van der Waals surface area contributed by atoms with Crippen LogP contribution >= 0.6 is 11.9 Å². The summed E-state index contributed by atoms with van der Waals surface area (Å²) in [7, 11) is 0. The van der Waals surface area contributed by atoms with Gasteiger partial charge >= 0.3 is 12.4 Å². The molecule has 0 unspecified atom stereocenters. The Hall–Kier alpha value is -2.88. The van der Waals surface area contributed by atoms with E-state index in [0.29, 0.717) is 16.1 Å². The normalized spacial score (nSPS) is 13.8. The quantitative estimate of drug-likeness (QED) is 0.311. The summed E-state index contributed by atoms with van der Waals surface area (Å²) in [6.45, 7) is 4.01. The van der Waals surface area contributed by atoms with Crippen molar-refractivity contribution in [2.75, 3.05) is 9.62 Å². The highest BCUT2D eigenvalue weighted by Gasteiger charge is 2.34. The summed E-state index contributed by atoms with van der Waals surface area (Å²) in [4.78, 5) is 4.34. The molecule has 1 N–H and O–H groups in total. The molecule has 0 saturated carbocycles. The van der Waals surface area contributed by atoms with Crippen LogP contribution in [0.15, 0.2) is 53.4 Å². The number of aromatic nitrogens is 1. The SMILES string of the molecule is Cc1ccc2c(c1C)N(Sc1ccc(C(F)(F)F)cc1)Cc1ccc(C(F)(F)F)nc1N2.